The Bertz CT molecular complexity index is 496. The van der Waals surface area contributed by atoms with Gasteiger partial charge in [0.15, 0.2) is 0 Å². The van der Waals surface area contributed by atoms with E-state index >= 15 is 0 Å². The van der Waals surface area contributed by atoms with Crippen LogP contribution in [0.15, 0.2) is 22.7 Å². The molecule has 1 amide bonds. The molecule has 1 unspecified atom stereocenters. The van der Waals surface area contributed by atoms with Gasteiger partial charge in [0, 0.05) is 18.0 Å². The maximum Gasteiger partial charge on any atom is 0.407 e. The van der Waals surface area contributed by atoms with Crippen LogP contribution in [-0.2, 0) is 4.74 Å². The lowest BCUT2D eigenvalue weighted by atomic mass is 9.93. The first-order valence-electron chi connectivity index (χ1n) is 6.75. The van der Waals surface area contributed by atoms with Crippen LogP contribution in [0.1, 0.15) is 38.7 Å². The molecule has 0 bridgehead atoms. The summed E-state index contributed by atoms with van der Waals surface area (Å²) in [5, 5.41) is 2.84. The highest BCUT2D eigenvalue weighted by Crippen LogP contribution is 2.38. The van der Waals surface area contributed by atoms with Crippen LogP contribution in [-0.4, -0.2) is 24.8 Å². The minimum absolute atomic E-state index is 0.253. The fourth-order valence-corrected chi connectivity index (χ4v) is 2.69. The van der Waals surface area contributed by atoms with Gasteiger partial charge in [0.1, 0.15) is 11.4 Å². The normalized spacial score (nSPS) is 17.9. The Hall–Kier alpha value is -1.23. The van der Waals surface area contributed by atoms with E-state index in [1.807, 2.05) is 39.0 Å². The molecule has 20 heavy (non-hydrogen) atoms. The summed E-state index contributed by atoms with van der Waals surface area (Å²) in [7, 11) is 0. The number of halogens is 1. The number of alkyl carbamates (subject to hydrolysis) is 1. The molecular weight excluding hydrogens is 322 g/mol. The van der Waals surface area contributed by atoms with Gasteiger partial charge < -0.3 is 14.8 Å². The highest BCUT2D eigenvalue weighted by atomic mass is 79.9. The van der Waals surface area contributed by atoms with Crippen LogP contribution in [0.5, 0.6) is 5.75 Å². The van der Waals surface area contributed by atoms with E-state index in [2.05, 4.69) is 21.2 Å². The van der Waals surface area contributed by atoms with E-state index in [4.69, 9.17) is 9.47 Å². The maximum absolute atomic E-state index is 11.7. The van der Waals surface area contributed by atoms with Gasteiger partial charge in [-0.3, -0.25) is 0 Å². The Labute approximate surface area is 128 Å². The van der Waals surface area contributed by atoms with Gasteiger partial charge in [-0.15, -0.1) is 0 Å². The van der Waals surface area contributed by atoms with Gasteiger partial charge in [-0.1, -0.05) is 12.1 Å². The van der Waals surface area contributed by atoms with Crippen LogP contribution >= 0.6 is 15.9 Å². The smallest absolute Gasteiger partial charge is 0.407 e. The second-order valence-corrected chi connectivity index (χ2v) is 6.73. The first-order valence-corrected chi connectivity index (χ1v) is 7.54. The topological polar surface area (TPSA) is 47.6 Å². The van der Waals surface area contributed by atoms with E-state index in [1.165, 1.54) is 0 Å². The lowest BCUT2D eigenvalue weighted by Crippen LogP contribution is -2.35. The minimum Gasteiger partial charge on any atom is -0.492 e. The molecule has 1 aliphatic rings. The fraction of sp³-hybridized carbons (Fsp3) is 0.533. The summed E-state index contributed by atoms with van der Waals surface area (Å²) in [5.74, 6) is 1.14. The quantitative estimate of drug-likeness (QED) is 0.888. The first-order chi connectivity index (χ1) is 9.37. The number of ether oxygens (including phenoxy) is 2. The van der Waals surface area contributed by atoms with Gasteiger partial charge in [0.2, 0.25) is 0 Å². The fourth-order valence-electron chi connectivity index (χ4n) is 2.19. The van der Waals surface area contributed by atoms with Gasteiger partial charge in [0.05, 0.1) is 11.1 Å². The average molecular weight is 342 g/mol. The first kappa shape index (κ1) is 15.2. The predicted molar refractivity (Wildman–Crippen MR) is 81.2 cm³/mol. The van der Waals surface area contributed by atoms with Crippen molar-refractivity contribution in [2.75, 3.05) is 13.2 Å². The number of nitrogens with one attached hydrogen (secondary N) is 1. The molecule has 1 atom stereocenters. The SMILES string of the molecule is CC(C)(C)OC(=O)NCC1CCOc2c(Br)cccc21. The Kier molecular flexibility index (Phi) is 4.58. The number of rotatable bonds is 2. The molecule has 1 aromatic carbocycles. The van der Waals surface area contributed by atoms with Crippen molar-refractivity contribution in [1.29, 1.82) is 0 Å². The van der Waals surface area contributed by atoms with Crippen molar-refractivity contribution in [3.8, 4) is 5.75 Å². The number of hydrogen-bond acceptors (Lipinski definition) is 3. The molecular formula is C15H20BrNO3. The Morgan fingerprint density at radius 2 is 2.25 bits per heavy atom. The van der Waals surface area contributed by atoms with Gasteiger partial charge in [0.25, 0.3) is 0 Å². The minimum atomic E-state index is -0.472. The number of benzene rings is 1. The average Bonchev–Trinajstić information content (AvgIpc) is 2.35. The van der Waals surface area contributed by atoms with Crippen LogP contribution < -0.4 is 10.1 Å². The molecule has 2 rings (SSSR count). The molecule has 1 aromatic rings. The molecule has 1 heterocycles. The van der Waals surface area contributed by atoms with Crippen molar-refractivity contribution in [2.45, 2.75) is 38.7 Å². The molecule has 0 saturated heterocycles. The molecule has 110 valence electrons. The van der Waals surface area contributed by atoms with Crippen LogP contribution in [0, 0.1) is 0 Å². The zero-order chi connectivity index (χ0) is 14.8. The number of fused-ring (bicyclic) bond motifs is 1. The number of hydrogen-bond donors (Lipinski definition) is 1. The lowest BCUT2D eigenvalue weighted by molar-refractivity contribution is 0.0521. The summed E-state index contributed by atoms with van der Waals surface area (Å²) in [6.45, 7) is 6.78. The summed E-state index contributed by atoms with van der Waals surface area (Å²) in [6.07, 6.45) is 0.514. The lowest BCUT2D eigenvalue weighted by Gasteiger charge is -2.27. The Balaban J connectivity index is 1.99. The maximum atomic E-state index is 11.7. The van der Waals surface area contributed by atoms with E-state index in [1.54, 1.807) is 0 Å². The third-order valence-electron chi connectivity index (χ3n) is 3.04. The molecule has 1 aliphatic heterocycles. The van der Waals surface area contributed by atoms with Crippen molar-refractivity contribution in [2.24, 2.45) is 0 Å². The summed E-state index contributed by atoms with van der Waals surface area (Å²) in [5.41, 5.74) is 0.655. The van der Waals surface area contributed by atoms with Crippen LogP contribution in [0.25, 0.3) is 0 Å². The number of carbonyl (C=O) groups excluding carboxylic acids is 1. The highest BCUT2D eigenvalue weighted by Gasteiger charge is 2.24. The molecule has 0 aliphatic carbocycles. The van der Waals surface area contributed by atoms with Crippen LogP contribution in [0.3, 0.4) is 0 Å². The number of carbonyl (C=O) groups is 1. The van der Waals surface area contributed by atoms with Crippen molar-refractivity contribution in [3.05, 3.63) is 28.2 Å². The van der Waals surface area contributed by atoms with Crippen molar-refractivity contribution in [3.63, 3.8) is 0 Å². The molecule has 0 spiro atoms. The second-order valence-electron chi connectivity index (χ2n) is 5.88. The second kappa shape index (κ2) is 6.04. The Morgan fingerprint density at radius 1 is 1.50 bits per heavy atom. The monoisotopic (exact) mass is 341 g/mol. The van der Waals surface area contributed by atoms with Crippen LogP contribution in [0.4, 0.5) is 4.79 Å². The van der Waals surface area contributed by atoms with Gasteiger partial charge in [-0.25, -0.2) is 4.79 Å². The van der Waals surface area contributed by atoms with Crippen molar-refractivity contribution in [1.82, 2.24) is 5.32 Å². The van der Waals surface area contributed by atoms with Crippen molar-refractivity contribution < 1.29 is 14.3 Å². The van der Waals surface area contributed by atoms with E-state index in [0.29, 0.717) is 13.2 Å². The zero-order valence-corrected chi connectivity index (χ0v) is 13.6. The summed E-state index contributed by atoms with van der Waals surface area (Å²) in [4.78, 5) is 11.7. The van der Waals surface area contributed by atoms with E-state index in [-0.39, 0.29) is 12.0 Å². The van der Waals surface area contributed by atoms with Gasteiger partial charge in [-0.2, -0.15) is 0 Å². The summed E-state index contributed by atoms with van der Waals surface area (Å²) < 4.78 is 11.9. The largest absolute Gasteiger partial charge is 0.492 e. The molecule has 0 saturated carbocycles. The van der Waals surface area contributed by atoms with E-state index in [0.717, 1.165) is 22.2 Å². The van der Waals surface area contributed by atoms with Gasteiger partial charge in [-0.05, 0) is 49.2 Å². The van der Waals surface area contributed by atoms with Gasteiger partial charge >= 0.3 is 6.09 Å². The summed E-state index contributed by atoms with van der Waals surface area (Å²) >= 11 is 3.49. The third-order valence-corrected chi connectivity index (χ3v) is 3.67. The van der Waals surface area contributed by atoms with Crippen LogP contribution in [0.2, 0.25) is 0 Å². The Morgan fingerprint density at radius 3 is 2.95 bits per heavy atom. The molecule has 1 N–H and O–H groups in total. The molecule has 0 fully saturated rings. The van der Waals surface area contributed by atoms with E-state index in [9.17, 15) is 4.79 Å². The predicted octanol–water partition coefficient (Wildman–Crippen LogP) is 3.84. The molecule has 0 aromatic heterocycles. The molecule has 4 nitrogen and oxygen atoms in total. The van der Waals surface area contributed by atoms with E-state index < -0.39 is 5.60 Å². The standard InChI is InChI=1S/C15H20BrNO3/c1-15(2,3)20-14(18)17-9-10-7-8-19-13-11(10)5-4-6-12(13)16/h4-6,10H,7-9H2,1-3H3,(H,17,18). The summed E-state index contributed by atoms with van der Waals surface area (Å²) in [6, 6.07) is 5.99. The highest BCUT2D eigenvalue weighted by molar-refractivity contribution is 9.10. The molecule has 5 heteroatoms. The van der Waals surface area contributed by atoms with Crippen molar-refractivity contribution >= 4 is 22.0 Å². The zero-order valence-electron chi connectivity index (χ0n) is 12.0. The number of amides is 1. The number of para-hydroxylation sites is 1. The molecule has 0 radical (unpaired) electrons. The third kappa shape index (κ3) is 3.88.